The van der Waals surface area contributed by atoms with Crippen molar-refractivity contribution >= 4 is 26.5 Å². The van der Waals surface area contributed by atoms with E-state index in [1.807, 2.05) is 0 Å². The van der Waals surface area contributed by atoms with E-state index in [0.29, 0.717) is 36.5 Å². The average Bonchev–Trinajstić information content (AvgIpc) is 3.33. The molecule has 0 unspecified atom stereocenters. The number of nitrogens with zero attached hydrogens (tertiary/aromatic N) is 1. The maximum Gasteiger partial charge on any atom is 0.435 e. The molecule has 2 atom stereocenters. The highest BCUT2D eigenvalue weighted by atomic mass is 32.2. The van der Waals surface area contributed by atoms with Gasteiger partial charge in [0.25, 0.3) is 0 Å². The Morgan fingerprint density at radius 1 is 0.905 bits per heavy atom. The van der Waals surface area contributed by atoms with Gasteiger partial charge in [-0.2, -0.15) is 26.3 Å². The summed E-state index contributed by atoms with van der Waals surface area (Å²) in [6, 6.07) is 4.23. The number of halogens is 8. The molecule has 3 aliphatic rings. The second kappa shape index (κ2) is 10.3. The van der Waals surface area contributed by atoms with Crippen LogP contribution in [0.4, 0.5) is 35.1 Å². The van der Waals surface area contributed by atoms with Crippen molar-refractivity contribution < 1.29 is 52.5 Å². The summed E-state index contributed by atoms with van der Waals surface area (Å²) in [4.78, 5) is 14.7. The van der Waals surface area contributed by atoms with Crippen LogP contribution in [0.1, 0.15) is 42.4 Å². The van der Waals surface area contributed by atoms with Crippen LogP contribution in [-0.4, -0.2) is 59.9 Å². The number of alkyl halides is 7. The number of rotatable bonds is 4. The zero-order chi connectivity index (χ0) is 30.9. The lowest BCUT2D eigenvalue weighted by Gasteiger charge is -2.43. The Bertz CT molecular complexity index is 1500. The molecule has 230 valence electrons. The highest BCUT2D eigenvalue weighted by Crippen LogP contribution is 2.57. The third-order valence-corrected chi connectivity index (χ3v) is 12.6. The van der Waals surface area contributed by atoms with Crippen molar-refractivity contribution in [3.05, 3.63) is 65.0 Å². The summed E-state index contributed by atoms with van der Waals surface area (Å²) >= 11 is 0. The zero-order valence-electron chi connectivity index (χ0n) is 21.8. The summed E-state index contributed by atoms with van der Waals surface area (Å²) in [5.41, 5.74) is -7.77. The summed E-state index contributed by atoms with van der Waals surface area (Å²) in [5, 5.41) is 0. The first-order valence-corrected chi connectivity index (χ1v) is 16.0. The smallest absolute Gasteiger partial charge is 0.337 e. The molecule has 1 aliphatic carbocycles. The lowest BCUT2D eigenvalue weighted by molar-refractivity contribution is -0.348. The number of sulfone groups is 1. The fraction of sp³-hybridized carbons (Fsp3) is 0.519. The molecule has 5 rings (SSSR count). The van der Waals surface area contributed by atoms with E-state index in [2.05, 4.69) is 0 Å². The molecule has 0 aromatic heterocycles. The number of carbonyl (C=O) groups is 1. The van der Waals surface area contributed by atoms with Crippen molar-refractivity contribution in [3.8, 4) is 0 Å². The number of hydrogen-bond acceptors (Lipinski definition) is 4. The normalized spacial score (nSPS) is 27.0. The van der Waals surface area contributed by atoms with Gasteiger partial charge in [-0.25, -0.2) is 17.2 Å². The number of likely N-dealkylation sites (tertiary alicyclic amines) is 1. The minimum atomic E-state index is -6.35. The minimum Gasteiger partial charge on any atom is -0.337 e. The fourth-order valence-corrected chi connectivity index (χ4v) is 10.3. The van der Waals surface area contributed by atoms with E-state index < -0.39 is 66.7 Å². The van der Waals surface area contributed by atoms with E-state index in [1.165, 1.54) is 4.90 Å². The average molecular weight is 644 g/mol. The lowest BCUT2D eigenvalue weighted by atomic mass is 9.76. The largest absolute Gasteiger partial charge is 0.435 e. The number of hydrogen-bond donors (Lipinski definition) is 0. The Labute approximate surface area is 238 Å². The molecule has 0 saturated carbocycles. The van der Waals surface area contributed by atoms with Gasteiger partial charge in [0.05, 0.1) is 10.9 Å². The Hall–Kier alpha value is -2.55. The summed E-state index contributed by atoms with van der Waals surface area (Å²) in [6.07, 6.45) is -12.7. The van der Waals surface area contributed by atoms with Gasteiger partial charge in [-0.1, -0.05) is 18.2 Å². The van der Waals surface area contributed by atoms with E-state index in [0.717, 1.165) is 30.3 Å². The van der Waals surface area contributed by atoms with Crippen LogP contribution in [0.2, 0.25) is 0 Å². The molecule has 15 heteroatoms. The first-order chi connectivity index (χ1) is 19.4. The number of benzene rings is 2. The van der Waals surface area contributed by atoms with Crippen LogP contribution in [0.3, 0.4) is 0 Å². The van der Waals surface area contributed by atoms with Crippen molar-refractivity contribution in [3.63, 3.8) is 0 Å². The van der Waals surface area contributed by atoms with Gasteiger partial charge in [-0.3, -0.25) is 9.00 Å². The van der Waals surface area contributed by atoms with E-state index in [9.17, 15) is 52.5 Å². The summed E-state index contributed by atoms with van der Waals surface area (Å²) in [6.45, 7) is -0.0805. The Balaban J connectivity index is 1.66. The first kappa shape index (κ1) is 30.9. The Kier molecular flexibility index (Phi) is 7.56. The molecule has 2 aromatic carbocycles. The maximum absolute atomic E-state index is 14.9. The quantitative estimate of drug-likeness (QED) is 0.327. The van der Waals surface area contributed by atoms with E-state index in [4.69, 9.17) is 0 Å². The fourth-order valence-electron chi connectivity index (χ4n) is 6.59. The molecule has 0 N–H and O–H groups in total. The molecule has 2 aliphatic heterocycles. The Morgan fingerprint density at radius 2 is 1.50 bits per heavy atom. The highest BCUT2D eigenvalue weighted by Gasteiger charge is 2.74. The second-order valence-electron chi connectivity index (χ2n) is 10.8. The zero-order valence-corrected chi connectivity index (χ0v) is 23.4. The molecule has 0 spiro atoms. The van der Waals surface area contributed by atoms with Gasteiger partial charge in [0.1, 0.15) is 10.6 Å². The van der Waals surface area contributed by atoms with Crippen LogP contribution < -0.4 is 0 Å². The van der Waals surface area contributed by atoms with Gasteiger partial charge in [0.15, 0.2) is 9.84 Å². The predicted octanol–water partition coefficient (Wildman–Crippen LogP) is 5.49. The van der Waals surface area contributed by atoms with Gasteiger partial charge in [0.2, 0.25) is 5.91 Å². The topological polar surface area (TPSA) is 71.5 Å². The molecule has 2 fully saturated rings. The summed E-state index contributed by atoms with van der Waals surface area (Å²) < 4.78 is 148. The van der Waals surface area contributed by atoms with Crippen molar-refractivity contribution in [2.24, 2.45) is 5.92 Å². The van der Waals surface area contributed by atoms with Crippen molar-refractivity contribution in [1.82, 2.24) is 4.90 Å². The van der Waals surface area contributed by atoms with Crippen LogP contribution in [0.15, 0.2) is 47.4 Å². The van der Waals surface area contributed by atoms with Crippen molar-refractivity contribution in [1.29, 1.82) is 0 Å². The lowest BCUT2D eigenvalue weighted by Crippen LogP contribution is -2.54. The summed E-state index contributed by atoms with van der Waals surface area (Å²) in [7, 11) is -5.63. The maximum atomic E-state index is 14.9. The second-order valence-corrected chi connectivity index (χ2v) is 14.7. The van der Waals surface area contributed by atoms with Gasteiger partial charge < -0.3 is 4.90 Å². The van der Waals surface area contributed by atoms with Crippen molar-refractivity contribution in [2.45, 2.75) is 65.8 Å². The van der Waals surface area contributed by atoms with Gasteiger partial charge >= 0.3 is 18.0 Å². The molecule has 0 bridgehead atoms. The number of carbonyl (C=O) groups excluding carboxylic acids is 1. The number of amides is 1. The SMILES string of the molecule is O=C(C1CCS(=O)CC1)N1CC[C@@]2(S(=O)(=O)c3ccc(F)cc3)c3ccc(C(F)(C(F)(F)F)C(F)(F)F)cc3CC[C@@H]12. The van der Waals surface area contributed by atoms with Crippen molar-refractivity contribution in [2.75, 3.05) is 18.1 Å². The molecular formula is C27H25F8NO4S2. The van der Waals surface area contributed by atoms with Crippen LogP contribution in [0.25, 0.3) is 0 Å². The van der Waals surface area contributed by atoms with Crippen LogP contribution in [0.5, 0.6) is 0 Å². The highest BCUT2D eigenvalue weighted by molar-refractivity contribution is 7.92. The van der Waals surface area contributed by atoms with Crippen LogP contribution in [-0.2, 0) is 42.3 Å². The molecule has 1 amide bonds. The predicted molar refractivity (Wildman–Crippen MR) is 136 cm³/mol. The van der Waals surface area contributed by atoms with E-state index in [1.54, 1.807) is 0 Å². The standard InChI is InChI=1S/C27H25F8NO4S2/c28-19-3-5-20(6-4-19)42(39,40)24-11-12-36(23(37)16-9-13-41(38)14-10-16)22(24)8-1-17-15-18(2-7-21(17)24)25(29,26(30,31)32)27(33,34)35/h2-7,15-16,22H,1,8-14H2/t16?,22-,24-,41?/m1/s1. The van der Waals surface area contributed by atoms with E-state index >= 15 is 0 Å². The van der Waals surface area contributed by atoms with Crippen LogP contribution >= 0.6 is 0 Å². The first-order valence-electron chi connectivity index (χ1n) is 13.1. The monoisotopic (exact) mass is 643 g/mol. The van der Waals surface area contributed by atoms with Crippen LogP contribution in [0, 0.1) is 11.7 Å². The number of fused-ring (bicyclic) bond motifs is 3. The van der Waals surface area contributed by atoms with Gasteiger partial charge in [-0.15, -0.1) is 0 Å². The van der Waals surface area contributed by atoms with E-state index in [-0.39, 0.29) is 47.7 Å². The third kappa shape index (κ3) is 4.56. The Morgan fingerprint density at radius 3 is 2.07 bits per heavy atom. The molecule has 2 heterocycles. The molecule has 42 heavy (non-hydrogen) atoms. The molecule has 2 saturated heterocycles. The third-order valence-electron chi connectivity index (χ3n) is 8.69. The molecule has 2 aromatic rings. The van der Waals surface area contributed by atoms with Gasteiger partial charge in [0, 0.05) is 40.3 Å². The number of aryl methyl sites for hydroxylation is 1. The van der Waals surface area contributed by atoms with Gasteiger partial charge in [-0.05, 0) is 67.5 Å². The molecule has 5 nitrogen and oxygen atoms in total. The summed E-state index contributed by atoms with van der Waals surface area (Å²) in [5.74, 6) is -1.05. The minimum absolute atomic E-state index is 0.0805. The molecular weight excluding hydrogens is 618 g/mol. The molecule has 0 radical (unpaired) electrons.